The lowest BCUT2D eigenvalue weighted by atomic mass is 9.60. The lowest BCUT2D eigenvalue weighted by Gasteiger charge is -2.44. The van der Waals surface area contributed by atoms with E-state index in [-0.39, 0.29) is 5.41 Å². The second kappa shape index (κ2) is 7.08. The Balaban J connectivity index is 2.61. The van der Waals surface area contributed by atoms with E-state index in [2.05, 4.69) is 51.2 Å². The third-order valence-electron chi connectivity index (χ3n) is 5.17. The molecule has 2 atom stereocenters. The molecular formula is C20H27N3. The van der Waals surface area contributed by atoms with Crippen LogP contribution in [0, 0.1) is 22.7 Å². The zero-order chi connectivity index (χ0) is 17.0. The Kier molecular flexibility index (Phi) is 5.36. The topological polar surface area (TPSA) is 48.5 Å². The van der Waals surface area contributed by atoms with Gasteiger partial charge in [-0.3, -0.25) is 9.98 Å². The number of nitrogens with zero attached hydrogens (tertiary/aromatic N) is 3. The van der Waals surface area contributed by atoms with Crippen LogP contribution < -0.4 is 0 Å². The molecule has 122 valence electrons. The van der Waals surface area contributed by atoms with Gasteiger partial charge in [-0.15, -0.1) is 0 Å². The lowest BCUT2D eigenvalue weighted by Crippen LogP contribution is -2.36. The van der Waals surface area contributed by atoms with Crippen LogP contribution in [0.2, 0.25) is 0 Å². The molecule has 0 heterocycles. The van der Waals surface area contributed by atoms with Gasteiger partial charge in [0.25, 0.3) is 0 Å². The van der Waals surface area contributed by atoms with Crippen LogP contribution in [0.3, 0.4) is 0 Å². The van der Waals surface area contributed by atoms with Gasteiger partial charge >= 0.3 is 0 Å². The van der Waals surface area contributed by atoms with Gasteiger partial charge in [-0.1, -0.05) is 32.9 Å². The second-order valence-electron chi connectivity index (χ2n) is 6.65. The number of fused-ring (bicyclic) bond motifs is 1. The van der Waals surface area contributed by atoms with E-state index in [0.717, 1.165) is 49.9 Å². The Morgan fingerprint density at radius 3 is 2.78 bits per heavy atom. The predicted octanol–water partition coefficient (Wildman–Crippen LogP) is 5.03. The monoisotopic (exact) mass is 309 g/mol. The van der Waals surface area contributed by atoms with E-state index in [1.165, 1.54) is 11.3 Å². The number of allylic oxidation sites excluding steroid dienone is 4. The molecule has 0 aromatic rings. The number of nitriles is 1. The van der Waals surface area contributed by atoms with Crippen LogP contribution in [-0.2, 0) is 0 Å². The highest BCUT2D eigenvalue weighted by atomic mass is 14.8. The molecule has 0 aromatic carbocycles. The van der Waals surface area contributed by atoms with Crippen molar-refractivity contribution in [2.75, 3.05) is 6.54 Å². The fourth-order valence-corrected chi connectivity index (χ4v) is 3.98. The first kappa shape index (κ1) is 17.4. The highest BCUT2D eigenvalue weighted by molar-refractivity contribution is 6.01. The van der Waals surface area contributed by atoms with Crippen molar-refractivity contribution in [2.24, 2.45) is 21.3 Å². The summed E-state index contributed by atoms with van der Waals surface area (Å²) >= 11 is 0. The van der Waals surface area contributed by atoms with Crippen LogP contribution in [0.25, 0.3) is 0 Å². The lowest BCUT2D eigenvalue weighted by molar-refractivity contribution is 0.256. The normalized spacial score (nSPS) is 28.1. The third-order valence-corrected chi connectivity index (χ3v) is 5.17. The summed E-state index contributed by atoms with van der Waals surface area (Å²) in [5.41, 5.74) is 4.88. The minimum absolute atomic E-state index is 0.232. The minimum atomic E-state index is -0.232. The van der Waals surface area contributed by atoms with E-state index >= 15 is 0 Å². The summed E-state index contributed by atoms with van der Waals surface area (Å²) in [7, 11) is 0. The average Bonchev–Trinajstić information content (AvgIpc) is 2.53. The quantitative estimate of drug-likeness (QED) is 0.657. The van der Waals surface area contributed by atoms with E-state index in [0.29, 0.717) is 11.5 Å². The molecule has 3 nitrogen and oxygen atoms in total. The Morgan fingerprint density at radius 1 is 1.48 bits per heavy atom. The van der Waals surface area contributed by atoms with Crippen LogP contribution >= 0.6 is 0 Å². The van der Waals surface area contributed by atoms with Crippen molar-refractivity contribution >= 4 is 12.4 Å². The number of hydrogen-bond acceptors (Lipinski definition) is 3. The highest BCUT2D eigenvalue weighted by Crippen LogP contribution is 2.53. The average molecular weight is 309 g/mol. The summed E-state index contributed by atoms with van der Waals surface area (Å²) < 4.78 is 0. The van der Waals surface area contributed by atoms with Crippen molar-refractivity contribution in [1.82, 2.24) is 0 Å². The van der Waals surface area contributed by atoms with Crippen LogP contribution in [0.1, 0.15) is 52.9 Å². The molecule has 0 amide bonds. The standard InChI is InChI=1S/C20H27N3/c1-6-8-18(23-7-2)17-10-9-16-11-14(3)15(13-21)12-20(16,4)19(17)22-5/h12,16H,3,5-11H2,1-2,4H3. The molecule has 0 aliphatic heterocycles. The number of aliphatic imine (C=N–C) groups is 2. The Bertz CT molecular complexity index is 642. The summed E-state index contributed by atoms with van der Waals surface area (Å²) in [6.07, 6.45) is 7.08. The molecule has 2 unspecified atom stereocenters. The predicted molar refractivity (Wildman–Crippen MR) is 97.7 cm³/mol. The molecule has 2 aliphatic rings. The molecular weight excluding hydrogens is 282 g/mol. The molecule has 0 aromatic heterocycles. The van der Waals surface area contributed by atoms with E-state index < -0.39 is 0 Å². The zero-order valence-electron chi connectivity index (χ0n) is 14.7. The molecule has 3 heteroatoms. The molecule has 0 saturated heterocycles. The van der Waals surface area contributed by atoms with Gasteiger partial charge in [0.05, 0.1) is 17.3 Å². The molecule has 23 heavy (non-hydrogen) atoms. The smallest absolute Gasteiger partial charge is 0.0991 e. The van der Waals surface area contributed by atoms with Gasteiger partial charge in [-0.05, 0) is 56.4 Å². The Hall–Kier alpha value is -1.95. The molecule has 0 saturated carbocycles. The fourth-order valence-electron chi connectivity index (χ4n) is 3.98. The fraction of sp³-hybridized carbons (Fsp3) is 0.550. The van der Waals surface area contributed by atoms with Crippen molar-refractivity contribution in [3.05, 3.63) is 35.1 Å². The summed E-state index contributed by atoms with van der Waals surface area (Å²) in [5, 5.41) is 9.40. The van der Waals surface area contributed by atoms with Gasteiger partial charge in [0.15, 0.2) is 0 Å². The van der Waals surface area contributed by atoms with Crippen LogP contribution in [0.5, 0.6) is 0 Å². The van der Waals surface area contributed by atoms with Crippen molar-refractivity contribution < 1.29 is 0 Å². The minimum Gasteiger partial charge on any atom is -0.290 e. The van der Waals surface area contributed by atoms with Gasteiger partial charge in [0.1, 0.15) is 0 Å². The van der Waals surface area contributed by atoms with E-state index in [1.807, 2.05) is 0 Å². The number of rotatable bonds is 5. The van der Waals surface area contributed by atoms with Crippen molar-refractivity contribution in [2.45, 2.75) is 52.9 Å². The first-order chi connectivity index (χ1) is 11.0. The maximum Gasteiger partial charge on any atom is 0.0991 e. The van der Waals surface area contributed by atoms with Crippen molar-refractivity contribution in [1.29, 1.82) is 5.26 Å². The van der Waals surface area contributed by atoms with Gasteiger partial charge in [0, 0.05) is 17.7 Å². The van der Waals surface area contributed by atoms with Gasteiger partial charge in [-0.25, -0.2) is 0 Å². The van der Waals surface area contributed by atoms with E-state index in [9.17, 15) is 5.26 Å². The summed E-state index contributed by atoms with van der Waals surface area (Å²) in [6.45, 7) is 15.2. The molecule has 2 rings (SSSR count). The molecule has 0 fully saturated rings. The molecule has 0 bridgehead atoms. The summed E-state index contributed by atoms with van der Waals surface area (Å²) in [6, 6.07) is 2.30. The first-order valence-corrected chi connectivity index (χ1v) is 8.56. The maximum atomic E-state index is 9.40. The van der Waals surface area contributed by atoms with E-state index in [1.54, 1.807) is 0 Å². The number of hydrogen-bond donors (Lipinski definition) is 0. The molecule has 0 radical (unpaired) electrons. The SMILES string of the molecule is C=NC1=C(C(CCC)=NCC)CCC2CC(=C)C(C#N)=CC12C. The molecule has 0 spiro atoms. The maximum absolute atomic E-state index is 9.40. The highest BCUT2D eigenvalue weighted by Gasteiger charge is 2.44. The Labute approximate surface area is 140 Å². The van der Waals surface area contributed by atoms with Gasteiger partial charge in [-0.2, -0.15) is 5.26 Å². The van der Waals surface area contributed by atoms with Crippen LogP contribution in [0.15, 0.2) is 45.1 Å². The third kappa shape index (κ3) is 3.08. The van der Waals surface area contributed by atoms with Crippen LogP contribution in [0.4, 0.5) is 0 Å². The van der Waals surface area contributed by atoms with Gasteiger partial charge in [0.2, 0.25) is 0 Å². The molecule has 0 N–H and O–H groups in total. The van der Waals surface area contributed by atoms with Gasteiger partial charge < -0.3 is 0 Å². The Morgan fingerprint density at radius 2 is 2.22 bits per heavy atom. The van der Waals surface area contributed by atoms with Crippen molar-refractivity contribution in [3.8, 4) is 6.07 Å². The first-order valence-electron chi connectivity index (χ1n) is 8.56. The van der Waals surface area contributed by atoms with Crippen LogP contribution in [-0.4, -0.2) is 19.0 Å². The van der Waals surface area contributed by atoms with Crippen molar-refractivity contribution in [3.63, 3.8) is 0 Å². The summed E-state index contributed by atoms with van der Waals surface area (Å²) in [4.78, 5) is 9.16. The van der Waals surface area contributed by atoms with E-state index in [4.69, 9.17) is 4.99 Å². The zero-order valence-corrected chi connectivity index (χ0v) is 14.7. The summed E-state index contributed by atoms with van der Waals surface area (Å²) in [5.74, 6) is 0.445. The molecule has 2 aliphatic carbocycles. The second-order valence-corrected chi connectivity index (χ2v) is 6.65. The largest absolute Gasteiger partial charge is 0.290 e.